The van der Waals surface area contributed by atoms with Crippen LogP contribution in [0, 0.1) is 0 Å². The molecule has 0 saturated carbocycles. The van der Waals surface area contributed by atoms with E-state index in [1.54, 1.807) is 24.3 Å². The van der Waals surface area contributed by atoms with E-state index in [2.05, 4.69) is 5.32 Å². The lowest BCUT2D eigenvalue weighted by Crippen LogP contribution is -2.30. The SMILES string of the molecule is CCCCN1C(=O)c2ccc(C(=O)OCC(=O)Nc3ccccc3Cl)cc2C1=O. The van der Waals surface area contributed by atoms with Gasteiger partial charge in [-0.1, -0.05) is 37.1 Å². The van der Waals surface area contributed by atoms with Crippen LogP contribution in [0.2, 0.25) is 5.02 Å². The second-order valence-corrected chi connectivity index (χ2v) is 6.89. The number of esters is 1. The Hall–Kier alpha value is -3.19. The molecule has 2 aromatic carbocycles. The van der Waals surface area contributed by atoms with Crippen LogP contribution in [0.4, 0.5) is 5.69 Å². The van der Waals surface area contributed by atoms with Crippen LogP contribution in [0.1, 0.15) is 50.8 Å². The van der Waals surface area contributed by atoms with E-state index in [1.807, 2.05) is 6.92 Å². The van der Waals surface area contributed by atoms with Crippen molar-refractivity contribution in [2.45, 2.75) is 19.8 Å². The molecule has 7 nitrogen and oxygen atoms in total. The molecule has 2 aromatic rings. The third-order valence-electron chi connectivity index (χ3n) is 4.42. The van der Waals surface area contributed by atoms with Gasteiger partial charge in [0.2, 0.25) is 0 Å². The monoisotopic (exact) mass is 414 g/mol. The molecule has 1 heterocycles. The minimum Gasteiger partial charge on any atom is -0.452 e. The fourth-order valence-corrected chi connectivity index (χ4v) is 3.08. The van der Waals surface area contributed by atoms with Crippen LogP contribution < -0.4 is 5.32 Å². The maximum atomic E-state index is 12.5. The number of nitrogens with one attached hydrogen (secondary N) is 1. The van der Waals surface area contributed by atoms with E-state index in [4.69, 9.17) is 16.3 Å². The largest absolute Gasteiger partial charge is 0.452 e. The van der Waals surface area contributed by atoms with Crippen LogP contribution in [-0.4, -0.2) is 41.7 Å². The molecule has 0 unspecified atom stereocenters. The summed E-state index contributed by atoms with van der Waals surface area (Å²) in [5.74, 6) is -2.11. The molecule has 8 heteroatoms. The molecule has 29 heavy (non-hydrogen) atoms. The third-order valence-corrected chi connectivity index (χ3v) is 4.75. The molecule has 0 aliphatic carbocycles. The summed E-state index contributed by atoms with van der Waals surface area (Å²) in [5, 5.41) is 2.91. The van der Waals surface area contributed by atoms with Crippen molar-refractivity contribution in [3.63, 3.8) is 0 Å². The number of hydrogen-bond donors (Lipinski definition) is 1. The number of hydrogen-bond acceptors (Lipinski definition) is 5. The number of halogens is 1. The van der Waals surface area contributed by atoms with Crippen LogP contribution >= 0.6 is 11.6 Å². The summed E-state index contributed by atoms with van der Waals surface area (Å²) in [7, 11) is 0. The molecular weight excluding hydrogens is 396 g/mol. The first kappa shape index (κ1) is 20.5. The molecule has 0 aromatic heterocycles. The summed E-state index contributed by atoms with van der Waals surface area (Å²) in [6.45, 7) is 1.79. The van der Waals surface area contributed by atoms with Gasteiger partial charge in [-0.3, -0.25) is 19.3 Å². The first-order valence-electron chi connectivity index (χ1n) is 9.14. The lowest BCUT2D eigenvalue weighted by molar-refractivity contribution is -0.119. The average Bonchev–Trinajstić information content (AvgIpc) is 2.96. The highest BCUT2D eigenvalue weighted by Crippen LogP contribution is 2.25. The Morgan fingerprint density at radius 1 is 1.07 bits per heavy atom. The molecule has 1 aliphatic heterocycles. The molecule has 0 radical (unpaired) electrons. The topological polar surface area (TPSA) is 92.8 Å². The van der Waals surface area contributed by atoms with Crippen LogP contribution in [0.15, 0.2) is 42.5 Å². The number of carbonyl (C=O) groups excluding carboxylic acids is 4. The Balaban J connectivity index is 1.64. The van der Waals surface area contributed by atoms with Crippen molar-refractivity contribution in [1.82, 2.24) is 4.90 Å². The van der Waals surface area contributed by atoms with E-state index < -0.39 is 24.4 Å². The number of para-hydroxylation sites is 1. The maximum absolute atomic E-state index is 12.5. The van der Waals surface area contributed by atoms with Gasteiger partial charge in [-0.25, -0.2) is 4.79 Å². The zero-order valence-electron chi connectivity index (χ0n) is 15.7. The van der Waals surface area contributed by atoms with Gasteiger partial charge in [-0.2, -0.15) is 0 Å². The Morgan fingerprint density at radius 2 is 1.79 bits per heavy atom. The van der Waals surface area contributed by atoms with Crippen LogP contribution in [0.5, 0.6) is 0 Å². The fraction of sp³-hybridized carbons (Fsp3) is 0.238. The Kier molecular flexibility index (Phi) is 6.29. The number of imide groups is 1. The standard InChI is InChI=1S/C21H19ClN2O5/c1-2-3-10-24-19(26)14-9-8-13(11-15(14)20(24)27)21(28)29-12-18(25)23-17-7-5-4-6-16(17)22/h4-9,11H,2-3,10,12H2,1H3,(H,23,25). The first-order chi connectivity index (χ1) is 13.9. The van der Waals surface area contributed by atoms with Crippen molar-refractivity contribution in [3.8, 4) is 0 Å². The summed E-state index contributed by atoms with van der Waals surface area (Å²) in [5.41, 5.74) is 0.928. The van der Waals surface area contributed by atoms with Crippen LogP contribution in [0.25, 0.3) is 0 Å². The van der Waals surface area contributed by atoms with E-state index in [1.165, 1.54) is 23.1 Å². The van der Waals surface area contributed by atoms with Gasteiger partial charge in [0, 0.05) is 6.54 Å². The minimum absolute atomic E-state index is 0.0905. The zero-order chi connectivity index (χ0) is 21.0. The third kappa shape index (κ3) is 4.46. The number of amides is 3. The highest BCUT2D eigenvalue weighted by atomic mass is 35.5. The Labute approximate surface area is 172 Å². The smallest absolute Gasteiger partial charge is 0.338 e. The van der Waals surface area contributed by atoms with E-state index in [-0.39, 0.29) is 22.6 Å². The van der Waals surface area contributed by atoms with Gasteiger partial charge < -0.3 is 10.1 Å². The predicted octanol–water partition coefficient (Wildman–Crippen LogP) is 3.53. The number of benzene rings is 2. The Morgan fingerprint density at radius 3 is 2.52 bits per heavy atom. The second kappa shape index (κ2) is 8.87. The molecule has 0 spiro atoms. The number of anilines is 1. The minimum atomic E-state index is -0.769. The summed E-state index contributed by atoms with van der Waals surface area (Å²) >= 11 is 5.96. The lowest BCUT2D eigenvalue weighted by atomic mass is 10.1. The van der Waals surface area contributed by atoms with Crippen molar-refractivity contribution < 1.29 is 23.9 Å². The average molecular weight is 415 g/mol. The molecule has 0 bridgehead atoms. The van der Waals surface area contributed by atoms with Crippen molar-refractivity contribution >= 4 is 41.0 Å². The highest BCUT2D eigenvalue weighted by molar-refractivity contribution is 6.33. The highest BCUT2D eigenvalue weighted by Gasteiger charge is 2.35. The number of unbranched alkanes of at least 4 members (excludes halogenated alkanes) is 1. The maximum Gasteiger partial charge on any atom is 0.338 e. The number of ether oxygens (including phenoxy) is 1. The van der Waals surface area contributed by atoms with E-state index in [0.717, 1.165) is 6.42 Å². The summed E-state index contributed by atoms with van der Waals surface area (Å²) in [6, 6.07) is 10.8. The van der Waals surface area contributed by atoms with Gasteiger partial charge in [0.1, 0.15) is 0 Å². The first-order valence-corrected chi connectivity index (χ1v) is 9.52. The molecule has 150 valence electrons. The summed E-state index contributed by atoms with van der Waals surface area (Å²) in [6.07, 6.45) is 1.56. The van der Waals surface area contributed by atoms with Crippen LogP contribution in [0.3, 0.4) is 0 Å². The van der Waals surface area contributed by atoms with Gasteiger partial charge in [0.15, 0.2) is 6.61 Å². The molecule has 0 atom stereocenters. The van der Waals surface area contributed by atoms with Gasteiger partial charge in [0.05, 0.1) is 27.4 Å². The number of nitrogens with zero attached hydrogens (tertiary/aromatic N) is 1. The molecule has 1 N–H and O–H groups in total. The summed E-state index contributed by atoms with van der Waals surface area (Å²) in [4.78, 5) is 50.2. The van der Waals surface area contributed by atoms with Crippen molar-refractivity contribution in [2.24, 2.45) is 0 Å². The van der Waals surface area contributed by atoms with E-state index in [0.29, 0.717) is 23.7 Å². The predicted molar refractivity (Wildman–Crippen MR) is 107 cm³/mol. The molecule has 1 aliphatic rings. The molecular formula is C21H19ClN2O5. The van der Waals surface area contributed by atoms with Gasteiger partial charge in [0.25, 0.3) is 17.7 Å². The van der Waals surface area contributed by atoms with Crippen molar-refractivity contribution in [1.29, 1.82) is 0 Å². The molecule has 3 rings (SSSR count). The molecule has 0 fully saturated rings. The van der Waals surface area contributed by atoms with Crippen LogP contribution in [-0.2, 0) is 9.53 Å². The number of fused-ring (bicyclic) bond motifs is 1. The van der Waals surface area contributed by atoms with E-state index in [9.17, 15) is 19.2 Å². The van der Waals surface area contributed by atoms with Crippen molar-refractivity contribution in [2.75, 3.05) is 18.5 Å². The number of rotatable bonds is 7. The van der Waals surface area contributed by atoms with Gasteiger partial charge in [-0.05, 0) is 36.8 Å². The Bertz CT molecular complexity index is 989. The number of carbonyl (C=O) groups is 4. The normalized spacial score (nSPS) is 12.7. The van der Waals surface area contributed by atoms with E-state index >= 15 is 0 Å². The lowest BCUT2D eigenvalue weighted by Gasteiger charge is -2.12. The fourth-order valence-electron chi connectivity index (χ4n) is 2.90. The summed E-state index contributed by atoms with van der Waals surface area (Å²) < 4.78 is 5.01. The second-order valence-electron chi connectivity index (χ2n) is 6.48. The quantitative estimate of drug-likeness (QED) is 0.552. The molecule has 3 amide bonds. The van der Waals surface area contributed by atoms with Gasteiger partial charge in [-0.15, -0.1) is 0 Å². The van der Waals surface area contributed by atoms with Gasteiger partial charge >= 0.3 is 5.97 Å². The zero-order valence-corrected chi connectivity index (χ0v) is 16.5. The van der Waals surface area contributed by atoms with Crippen molar-refractivity contribution in [3.05, 3.63) is 64.2 Å². The molecule has 0 saturated heterocycles.